The van der Waals surface area contributed by atoms with Gasteiger partial charge >= 0.3 is 5.97 Å². The van der Waals surface area contributed by atoms with Crippen molar-refractivity contribution < 1.29 is 13.9 Å². The van der Waals surface area contributed by atoms with E-state index < -0.39 is 5.97 Å². The Morgan fingerprint density at radius 2 is 1.54 bits per heavy atom. The second kappa shape index (κ2) is 10.0. The first-order valence-electron chi connectivity index (χ1n) is 11.1. The molecule has 0 aliphatic rings. The van der Waals surface area contributed by atoms with E-state index in [-0.39, 0.29) is 12.5 Å². The van der Waals surface area contributed by atoms with Gasteiger partial charge in [-0.25, -0.2) is 9.48 Å². The number of esters is 1. The van der Waals surface area contributed by atoms with Gasteiger partial charge in [0.25, 0.3) is 5.89 Å². The van der Waals surface area contributed by atoms with Crippen LogP contribution in [0.1, 0.15) is 17.3 Å². The third-order valence-electron chi connectivity index (χ3n) is 5.33. The summed E-state index contributed by atoms with van der Waals surface area (Å²) in [5.41, 5.74) is 5.66. The minimum Gasteiger partial charge on any atom is -0.452 e. The van der Waals surface area contributed by atoms with Gasteiger partial charge in [-0.15, -0.1) is 10.2 Å². The molecule has 0 amide bonds. The van der Waals surface area contributed by atoms with Gasteiger partial charge < -0.3 is 9.15 Å². The summed E-state index contributed by atoms with van der Waals surface area (Å²) in [7, 11) is 0. The van der Waals surface area contributed by atoms with Crippen LogP contribution in [-0.4, -0.2) is 25.9 Å². The van der Waals surface area contributed by atoms with E-state index in [1.807, 2.05) is 66.9 Å². The van der Waals surface area contributed by atoms with E-state index in [1.165, 1.54) is 6.08 Å². The summed E-state index contributed by atoms with van der Waals surface area (Å²) in [4.78, 5) is 12.3. The molecule has 7 nitrogen and oxygen atoms in total. The fourth-order valence-corrected chi connectivity index (χ4v) is 3.63. The lowest BCUT2D eigenvalue weighted by Crippen LogP contribution is -2.01. The molecule has 172 valence electrons. The van der Waals surface area contributed by atoms with Crippen LogP contribution in [0.5, 0.6) is 0 Å². The number of carbonyl (C=O) groups excluding carboxylic acids is 1. The minimum atomic E-state index is -0.515. The van der Waals surface area contributed by atoms with Gasteiger partial charge in [-0.1, -0.05) is 72.8 Å². The number of hydrogen-bond donors (Lipinski definition) is 0. The zero-order valence-electron chi connectivity index (χ0n) is 19.0. The lowest BCUT2D eigenvalue weighted by atomic mass is 10.0. The van der Waals surface area contributed by atoms with Crippen LogP contribution in [0.15, 0.2) is 102 Å². The molecule has 7 heteroatoms. The van der Waals surface area contributed by atoms with E-state index in [0.29, 0.717) is 5.89 Å². The molecule has 0 radical (unpaired) electrons. The summed E-state index contributed by atoms with van der Waals surface area (Å²) >= 11 is 0. The normalized spacial score (nSPS) is 11.1. The summed E-state index contributed by atoms with van der Waals surface area (Å²) in [6.45, 7) is 1.59. The molecule has 0 N–H and O–H groups in total. The fourth-order valence-electron chi connectivity index (χ4n) is 3.63. The second-order valence-corrected chi connectivity index (χ2v) is 7.81. The maximum absolute atomic E-state index is 12.3. The number of para-hydroxylation sites is 1. The molecule has 3 aromatic carbocycles. The van der Waals surface area contributed by atoms with Crippen LogP contribution in [0.2, 0.25) is 0 Å². The third-order valence-corrected chi connectivity index (χ3v) is 5.33. The molecule has 0 spiro atoms. The maximum atomic E-state index is 12.3. The van der Waals surface area contributed by atoms with Crippen LogP contribution < -0.4 is 0 Å². The minimum absolute atomic E-state index is 0.0822. The van der Waals surface area contributed by atoms with Gasteiger partial charge in [-0.3, -0.25) is 0 Å². The highest BCUT2D eigenvalue weighted by molar-refractivity contribution is 5.88. The Hall–Kier alpha value is -4.78. The van der Waals surface area contributed by atoms with Crippen LogP contribution in [0.25, 0.3) is 34.1 Å². The molecule has 0 saturated heterocycles. The predicted molar refractivity (Wildman–Crippen MR) is 132 cm³/mol. The number of aromatic nitrogens is 4. The molecule has 2 heterocycles. The average molecular weight is 463 g/mol. The predicted octanol–water partition coefficient (Wildman–Crippen LogP) is 5.65. The van der Waals surface area contributed by atoms with Crippen LogP contribution >= 0.6 is 0 Å². The molecule has 5 rings (SSSR count). The first-order chi connectivity index (χ1) is 17.2. The molecule has 35 heavy (non-hydrogen) atoms. The lowest BCUT2D eigenvalue weighted by Gasteiger charge is -2.04. The number of aryl methyl sites for hydroxylation is 1. The quantitative estimate of drug-likeness (QED) is 0.229. The largest absolute Gasteiger partial charge is 0.452 e. The number of benzene rings is 3. The van der Waals surface area contributed by atoms with Gasteiger partial charge in [0.05, 0.1) is 11.4 Å². The highest BCUT2D eigenvalue weighted by Gasteiger charge is 2.12. The smallest absolute Gasteiger partial charge is 0.331 e. The molecule has 0 unspecified atom stereocenters. The molecule has 0 saturated carbocycles. The summed E-state index contributed by atoms with van der Waals surface area (Å²) in [5.74, 6) is 0.155. The van der Waals surface area contributed by atoms with E-state index in [1.54, 1.807) is 17.7 Å². The van der Waals surface area contributed by atoms with Crippen LogP contribution in [-0.2, 0) is 16.1 Å². The van der Waals surface area contributed by atoms with E-state index in [0.717, 1.165) is 33.6 Å². The van der Waals surface area contributed by atoms with Crippen molar-refractivity contribution >= 4 is 12.0 Å². The van der Waals surface area contributed by atoms with Crippen LogP contribution in [0.3, 0.4) is 0 Å². The van der Waals surface area contributed by atoms with Gasteiger partial charge in [-0.05, 0) is 29.3 Å². The molecular formula is C28H22N4O3. The first-order valence-corrected chi connectivity index (χ1v) is 11.1. The lowest BCUT2D eigenvalue weighted by molar-refractivity contribution is -0.139. The van der Waals surface area contributed by atoms with Gasteiger partial charge in [0.15, 0.2) is 6.61 Å². The fraction of sp³-hybridized carbons (Fsp3) is 0.0714. The average Bonchev–Trinajstić information content (AvgIpc) is 3.53. The third kappa shape index (κ3) is 5.25. The number of rotatable bonds is 7. The highest BCUT2D eigenvalue weighted by Crippen LogP contribution is 2.28. The van der Waals surface area contributed by atoms with Crippen molar-refractivity contribution in [3.8, 4) is 28.1 Å². The van der Waals surface area contributed by atoms with Crippen molar-refractivity contribution in [1.29, 1.82) is 0 Å². The van der Waals surface area contributed by atoms with E-state index >= 15 is 0 Å². The number of hydrogen-bond acceptors (Lipinski definition) is 6. The van der Waals surface area contributed by atoms with E-state index in [4.69, 9.17) is 14.3 Å². The van der Waals surface area contributed by atoms with Crippen molar-refractivity contribution in [2.75, 3.05) is 0 Å². The second-order valence-electron chi connectivity index (χ2n) is 7.81. The first kappa shape index (κ1) is 22.0. The van der Waals surface area contributed by atoms with E-state index in [9.17, 15) is 4.79 Å². The van der Waals surface area contributed by atoms with Crippen LogP contribution in [0.4, 0.5) is 0 Å². The van der Waals surface area contributed by atoms with Crippen LogP contribution in [0, 0.1) is 6.92 Å². The summed E-state index contributed by atoms with van der Waals surface area (Å²) in [6, 6.07) is 28.2. The molecule has 0 atom stereocenters. The van der Waals surface area contributed by atoms with Crippen molar-refractivity contribution in [3.05, 3.63) is 115 Å². The molecule has 0 aliphatic heterocycles. The summed E-state index contributed by atoms with van der Waals surface area (Å²) in [5, 5.41) is 12.4. The zero-order chi connectivity index (χ0) is 24.0. The molecule has 0 aliphatic carbocycles. The Bertz CT molecular complexity index is 1450. The van der Waals surface area contributed by atoms with Gasteiger partial charge in [0, 0.05) is 30.3 Å². The maximum Gasteiger partial charge on any atom is 0.331 e. The molecule has 2 aromatic heterocycles. The molecular weight excluding hydrogens is 440 g/mol. The standard InChI is InChI=1S/C28H22N4O3/c1-20-29-30-26(35-20)19-34-27(33)17-16-24-18-32(25-10-6-3-7-11-25)31-28(24)23-14-12-22(13-15-23)21-8-4-2-5-9-21/h2-18H,19H2,1H3/b17-16+. The zero-order valence-corrected chi connectivity index (χ0v) is 19.0. The highest BCUT2D eigenvalue weighted by atomic mass is 16.5. The monoisotopic (exact) mass is 462 g/mol. The number of ether oxygens (including phenoxy) is 1. The van der Waals surface area contributed by atoms with Crippen molar-refractivity contribution in [1.82, 2.24) is 20.0 Å². The SMILES string of the molecule is Cc1nnc(COC(=O)/C=C/c2cn(-c3ccccc3)nc2-c2ccc(-c3ccccc3)cc2)o1. The Kier molecular flexibility index (Phi) is 6.30. The van der Waals surface area contributed by atoms with Gasteiger partial charge in [0.2, 0.25) is 5.89 Å². The number of nitrogens with zero attached hydrogens (tertiary/aromatic N) is 4. The van der Waals surface area contributed by atoms with Crippen molar-refractivity contribution in [2.45, 2.75) is 13.5 Å². The van der Waals surface area contributed by atoms with Crippen molar-refractivity contribution in [3.63, 3.8) is 0 Å². The summed E-state index contributed by atoms with van der Waals surface area (Å²) < 4.78 is 12.2. The molecule has 0 bridgehead atoms. The van der Waals surface area contributed by atoms with E-state index in [2.05, 4.69) is 34.5 Å². The Balaban J connectivity index is 1.41. The van der Waals surface area contributed by atoms with Crippen molar-refractivity contribution in [2.24, 2.45) is 0 Å². The van der Waals surface area contributed by atoms with Gasteiger partial charge in [0.1, 0.15) is 0 Å². The summed E-state index contributed by atoms with van der Waals surface area (Å²) in [6.07, 6.45) is 4.96. The van der Waals surface area contributed by atoms with Gasteiger partial charge in [-0.2, -0.15) is 5.10 Å². The Morgan fingerprint density at radius 1 is 0.886 bits per heavy atom. The Morgan fingerprint density at radius 3 is 2.23 bits per heavy atom. The topological polar surface area (TPSA) is 83.0 Å². The molecule has 0 fully saturated rings. The number of carbonyl (C=O) groups is 1. The Labute approximate surface area is 202 Å². The molecule has 5 aromatic rings.